The molecule has 4 aromatic rings. The Balaban J connectivity index is 1.12. The zero-order valence-electron chi connectivity index (χ0n) is 39.2. The zero-order valence-corrected chi connectivity index (χ0v) is 40.0. The second-order valence-corrected chi connectivity index (χ2v) is 18.5. The molecule has 11 N–H and O–H groups in total. The number of aromatic hydroxyl groups is 2. The van der Waals surface area contributed by atoms with Crippen molar-refractivity contribution in [2.45, 2.75) is 101 Å². The SMILES string of the molecule is CC(C)C[C@@H](NC(=O)[C@@H](Cc1ccccc1)NC(=O)[C@H](N)Cc1ccccc1)C(=O)N[C@H](CCCCN)C(=O)NCC(=O)NCCSc1cc(O)n(-c2ccc(CCC(=O)N3CCC3=O)cc2)c1O. The highest BCUT2D eigenvalue weighted by Crippen LogP contribution is 2.37. The molecule has 19 heteroatoms. The van der Waals surface area contributed by atoms with E-state index in [0.29, 0.717) is 55.1 Å². The quantitative estimate of drug-likeness (QED) is 0.0237. The van der Waals surface area contributed by atoms with Crippen LogP contribution in [0.3, 0.4) is 0 Å². The van der Waals surface area contributed by atoms with Gasteiger partial charge in [0.2, 0.25) is 47.2 Å². The van der Waals surface area contributed by atoms with E-state index >= 15 is 0 Å². The number of nitrogens with two attached hydrogens (primary N) is 2. The van der Waals surface area contributed by atoms with Crippen LogP contribution in [-0.2, 0) is 52.8 Å². The lowest BCUT2D eigenvalue weighted by atomic mass is 9.99. The van der Waals surface area contributed by atoms with Crippen molar-refractivity contribution in [2.24, 2.45) is 17.4 Å². The van der Waals surface area contributed by atoms with Crippen LogP contribution in [0, 0.1) is 5.92 Å². The van der Waals surface area contributed by atoms with Crippen molar-refractivity contribution in [3.63, 3.8) is 0 Å². The minimum atomic E-state index is -1.08. The molecule has 1 fully saturated rings. The number of aryl methyl sites for hydroxylation is 1. The van der Waals surface area contributed by atoms with Gasteiger partial charge in [-0.25, -0.2) is 0 Å². The molecule has 0 unspecified atom stereocenters. The molecule has 0 saturated carbocycles. The molecule has 1 aromatic heterocycles. The Morgan fingerprint density at radius 2 is 1.36 bits per heavy atom. The predicted octanol–water partition coefficient (Wildman–Crippen LogP) is 2.35. The van der Waals surface area contributed by atoms with Crippen LogP contribution in [0.15, 0.2) is 95.9 Å². The van der Waals surface area contributed by atoms with E-state index in [2.05, 4.69) is 26.6 Å². The lowest BCUT2D eigenvalue weighted by molar-refractivity contribution is -0.152. The van der Waals surface area contributed by atoms with Crippen LogP contribution in [-0.4, -0.2) is 117 Å². The van der Waals surface area contributed by atoms with Gasteiger partial charge in [0.25, 0.3) is 0 Å². The molecule has 1 aliphatic heterocycles. The van der Waals surface area contributed by atoms with Crippen molar-refractivity contribution < 1.29 is 43.8 Å². The Labute approximate surface area is 406 Å². The molecule has 5 rings (SSSR count). The summed E-state index contributed by atoms with van der Waals surface area (Å²) < 4.78 is 1.26. The monoisotopic (exact) mass is 967 g/mol. The molecule has 2 heterocycles. The number of likely N-dealkylation sites (tertiary alicyclic amines) is 1. The van der Waals surface area contributed by atoms with Crippen molar-refractivity contribution in [1.29, 1.82) is 0 Å². The molecule has 370 valence electrons. The van der Waals surface area contributed by atoms with Crippen molar-refractivity contribution in [3.05, 3.63) is 108 Å². The van der Waals surface area contributed by atoms with Crippen LogP contribution in [0.5, 0.6) is 11.8 Å². The van der Waals surface area contributed by atoms with E-state index in [1.165, 1.54) is 27.3 Å². The van der Waals surface area contributed by atoms with Gasteiger partial charge in [0.1, 0.15) is 18.1 Å². The summed E-state index contributed by atoms with van der Waals surface area (Å²) in [6.45, 7) is 4.35. The number of carbonyl (C=O) groups is 7. The number of β-lactam (4-membered cyclic amide) rings is 1. The summed E-state index contributed by atoms with van der Waals surface area (Å²) >= 11 is 1.19. The zero-order chi connectivity index (χ0) is 49.9. The summed E-state index contributed by atoms with van der Waals surface area (Å²) in [6.07, 6.45) is 2.91. The maximum Gasteiger partial charge on any atom is 0.243 e. The van der Waals surface area contributed by atoms with E-state index in [9.17, 15) is 43.8 Å². The number of carbonyl (C=O) groups excluding carboxylic acids is 7. The van der Waals surface area contributed by atoms with E-state index < -0.39 is 60.2 Å². The first-order valence-electron chi connectivity index (χ1n) is 23.3. The van der Waals surface area contributed by atoms with Gasteiger partial charge >= 0.3 is 0 Å². The lowest BCUT2D eigenvalue weighted by Gasteiger charge is -2.28. The summed E-state index contributed by atoms with van der Waals surface area (Å²) in [6, 6.07) is 22.6. The number of benzene rings is 3. The first-order valence-corrected chi connectivity index (χ1v) is 24.3. The van der Waals surface area contributed by atoms with Crippen LogP contribution < -0.4 is 38.1 Å². The molecule has 69 heavy (non-hydrogen) atoms. The van der Waals surface area contributed by atoms with Gasteiger partial charge in [0.05, 0.1) is 23.2 Å². The van der Waals surface area contributed by atoms with Gasteiger partial charge in [-0.3, -0.25) is 43.0 Å². The van der Waals surface area contributed by atoms with Crippen molar-refractivity contribution >= 4 is 53.1 Å². The number of rotatable bonds is 27. The third kappa shape index (κ3) is 16.5. The average Bonchev–Trinajstić information content (AvgIpc) is 3.61. The molecule has 1 saturated heterocycles. The van der Waals surface area contributed by atoms with Crippen molar-refractivity contribution in [1.82, 2.24) is 36.1 Å². The fourth-order valence-corrected chi connectivity index (χ4v) is 8.45. The van der Waals surface area contributed by atoms with Gasteiger partial charge in [-0.05, 0) is 79.8 Å². The summed E-state index contributed by atoms with van der Waals surface area (Å²) in [7, 11) is 0. The molecular weight excluding hydrogens is 903 g/mol. The maximum absolute atomic E-state index is 14.0. The van der Waals surface area contributed by atoms with Gasteiger partial charge in [0, 0.05) is 44.2 Å². The van der Waals surface area contributed by atoms with Crippen LogP contribution in [0.1, 0.15) is 69.1 Å². The largest absolute Gasteiger partial charge is 0.494 e. The van der Waals surface area contributed by atoms with Crippen molar-refractivity contribution in [3.8, 4) is 17.4 Å². The van der Waals surface area contributed by atoms with E-state index in [-0.39, 0.29) is 68.1 Å². The van der Waals surface area contributed by atoms with Gasteiger partial charge in [0.15, 0.2) is 5.88 Å². The Kier molecular flexibility index (Phi) is 20.6. The minimum Gasteiger partial charge on any atom is -0.494 e. The minimum absolute atomic E-state index is 0.0542. The summed E-state index contributed by atoms with van der Waals surface area (Å²) in [5, 5.41) is 35.3. The van der Waals surface area contributed by atoms with E-state index in [1.807, 2.05) is 74.5 Å². The molecule has 0 spiro atoms. The highest BCUT2D eigenvalue weighted by Gasteiger charge is 2.32. The van der Waals surface area contributed by atoms with Crippen molar-refractivity contribution in [2.75, 3.05) is 31.9 Å². The number of thioether (sulfide) groups is 1. The second-order valence-electron chi connectivity index (χ2n) is 17.4. The van der Waals surface area contributed by atoms with E-state index in [1.54, 1.807) is 24.3 Å². The highest BCUT2D eigenvalue weighted by atomic mass is 32.2. The summed E-state index contributed by atoms with van der Waals surface area (Å²) in [5.74, 6) is -3.37. The van der Waals surface area contributed by atoms with Crippen LogP contribution in [0.2, 0.25) is 0 Å². The average molecular weight is 968 g/mol. The van der Waals surface area contributed by atoms with Gasteiger partial charge in [-0.1, -0.05) is 86.6 Å². The second kappa shape index (κ2) is 26.7. The smallest absolute Gasteiger partial charge is 0.243 e. The first-order chi connectivity index (χ1) is 33.1. The van der Waals surface area contributed by atoms with E-state index in [4.69, 9.17) is 11.5 Å². The molecule has 3 aromatic carbocycles. The standard InChI is InChI=1S/C50H65N9O9S/c1-32(2)27-39(57-49(67)40(29-35-13-7-4-8-14-35)56-46(64)37(52)28-34-11-5-3-6-12-34)48(66)55-38(15-9-10-23-51)47(65)54-31-42(60)53-24-26-69-41-30-45(63)59(50(41)68)36-19-16-33(17-20-36)18-21-43(61)58-25-22-44(58)62/h3-8,11-14,16-17,19-20,30,32,37-40,63,68H,9-10,15,18,21-29,31,51-52H2,1-2H3,(H,53,60)(H,54,65)(H,55,66)(H,56,64)(H,57,67)/t37-,38-,39-,40-/m1/s1. The number of amides is 7. The molecule has 4 atom stereocenters. The summed E-state index contributed by atoms with van der Waals surface area (Å²) in [5.41, 5.74) is 15.0. The Hall–Kier alpha value is -6.70. The van der Waals surface area contributed by atoms with Crippen LogP contribution >= 0.6 is 11.8 Å². The van der Waals surface area contributed by atoms with Gasteiger partial charge in [-0.2, -0.15) is 0 Å². The number of unbranched alkanes of at least 4 members (excludes halogenated alkanes) is 1. The first kappa shape index (κ1) is 53.3. The third-order valence-electron chi connectivity index (χ3n) is 11.5. The number of nitrogens with zero attached hydrogens (tertiary/aromatic N) is 2. The molecule has 18 nitrogen and oxygen atoms in total. The third-order valence-corrected chi connectivity index (χ3v) is 12.5. The molecule has 0 aliphatic carbocycles. The Morgan fingerprint density at radius 3 is 1.97 bits per heavy atom. The number of hydrogen-bond donors (Lipinski definition) is 9. The predicted molar refractivity (Wildman–Crippen MR) is 262 cm³/mol. The fourth-order valence-electron chi connectivity index (χ4n) is 7.61. The van der Waals surface area contributed by atoms with E-state index in [0.717, 1.165) is 16.7 Å². The van der Waals surface area contributed by atoms with Gasteiger partial charge < -0.3 is 48.3 Å². The maximum atomic E-state index is 14.0. The Morgan fingerprint density at radius 1 is 0.739 bits per heavy atom. The molecule has 1 aliphatic rings. The van der Waals surface area contributed by atoms with Gasteiger partial charge in [-0.15, -0.1) is 11.8 Å². The molecule has 7 amide bonds. The number of aromatic nitrogens is 1. The normalized spacial score (nSPS) is 13.9. The molecule has 0 bridgehead atoms. The van der Waals surface area contributed by atoms with Crippen LogP contribution in [0.4, 0.5) is 0 Å². The molecular formula is C50H65N9O9S. The summed E-state index contributed by atoms with van der Waals surface area (Å²) in [4.78, 5) is 93.1. The van der Waals surface area contributed by atoms with Crippen LogP contribution in [0.25, 0.3) is 5.69 Å². The number of hydrogen-bond acceptors (Lipinski definition) is 12. The highest BCUT2D eigenvalue weighted by molar-refractivity contribution is 7.99. The number of nitrogens with one attached hydrogen (secondary N) is 5. The molecule has 0 radical (unpaired) electrons. The fraction of sp³-hybridized carbons (Fsp3) is 0.420. The number of imide groups is 1. The lowest BCUT2D eigenvalue weighted by Crippen LogP contribution is -2.58. The topological polar surface area (TPSA) is 280 Å². The Bertz CT molecular complexity index is 2360.